The van der Waals surface area contributed by atoms with Crippen LogP contribution >= 0.6 is 0 Å². The van der Waals surface area contributed by atoms with Gasteiger partial charge in [0.15, 0.2) is 0 Å². The second kappa shape index (κ2) is 11.2. The van der Waals surface area contributed by atoms with Crippen LogP contribution in [0.5, 0.6) is 0 Å². The maximum absolute atomic E-state index is 9.23. The van der Waals surface area contributed by atoms with E-state index in [0.717, 1.165) is 47.8 Å². The van der Waals surface area contributed by atoms with Gasteiger partial charge in [-0.05, 0) is 92.8 Å². The van der Waals surface area contributed by atoms with Gasteiger partial charge < -0.3 is 5.11 Å². The predicted octanol–water partition coefficient (Wildman–Crippen LogP) is 7.61. The Morgan fingerprint density at radius 2 is 1.26 bits per heavy atom. The van der Waals surface area contributed by atoms with Crippen LogP contribution in [0.25, 0.3) is 0 Å². The molecule has 1 heteroatoms. The highest BCUT2D eigenvalue weighted by atomic mass is 16.3. The summed E-state index contributed by atoms with van der Waals surface area (Å²) in [7, 11) is 0. The molecule has 0 heterocycles. The van der Waals surface area contributed by atoms with Crippen LogP contribution in [-0.2, 0) is 0 Å². The van der Waals surface area contributed by atoms with Gasteiger partial charge in [-0.15, -0.1) is 0 Å². The summed E-state index contributed by atoms with van der Waals surface area (Å²) in [6, 6.07) is 0. The minimum atomic E-state index is 0.402. The van der Waals surface area contributed by atoms with Gasteiger partial charge in [0.2, 0.25) is 0 Å². The first-order valence-corrected chi connectivity index (χ1v) is 12.9. The minimum Gasteiger partial charge on any atom is -0.396 e. The maximum Gasteiger partial charge on any atom is 0.0433 e. The lowest BCUT2D eigenvalue weighted by Crippen LogP contribution is -2.35. The summed E-state index contributed by atoms with van der Waals surface area (Å²) in [5, 5.41) is 9.23. The lowest BCUT2D eigenvalue weighted by Gasteiger charge is -2.45. The molecule has 0 saturated heterocycles. The van der Waals surface area contributed by atoms with Gasteiger partial charge in [-0.2, -0.15) is 0 Å². The van der Waals surface area contributed by atoms with Crippen molar-refractivity contribution in [2.24, 2.45) is 41.4 Å². The first-order valence-electron chi connectivity index (χ1n) is 12.9. The van der Waals surface area contributed by atoms with Crippen LogP contribution in [0.2, 0.25) is 0 Å². The molecule has 3 unspecified atom stereocenters. The van der Waals surface area contributed by atoms with Crippen molar-refractivity contribution < 1.29 is 5.11 Å². The zero-order valence-electron chi connectivity index (χ0n) is 18.5. The van der Waals surface area contributed by atoms with E-state index in [1.54, 1.807) is 25.7 Å². The third-order valence-corrected chi connectivity index (χ3v) is 9.16. The van der Waals surface area contributed by atoms with E-state index >= 15 is 0 Å². The largest absolute Gasteiger partial charge is 0.396 e. The summed E-state index contributed by atoms with van der Waals surface area (Å²) in [5.74, 6) is 7.07. The van der Waals surface area contributed by atoms with Crippen molar-refractivity contribution in [1.82, 2.24) is 0 Å². The quantitative estimate of drug-likeness (QED) is 0.462. The summed E-state index contributed by atoms with van der Waals surface area (Å²) in [5.41, 5.74) is 0. The molecule has 158 valence electrons. The summed E-state index contributed by atoms with van der Waals surface area (Å²) in [6.45, 7) is 5.21. The monoisotopic (exact) mass is 376 g/mol. The predicted molar refractivity (Wildman–Crippen MR) is 117 cm³/mol. The molecule has 1 N–H and O–H groups in total. The van der Waals surface area contributed by atoms with Gasteiger partial charge in [-0.1, -0.05) is 65.2 Å². The fourth-order valence-corrected chi connectivity index (χ4v) is 7.37. The zero-order valence-corrected chi connectivity index (χ0v) is 18.5. The molecule has 0 spiro atoms. The zero-order chi connectivity index (χ0) is 19.1. The fourth-order valence-electron chi connectivity index (χ4n) is 7.37. The molecular formula is C26H48O. The Kier molecular flexibility index (Phi) is 9.01. The fraction of sp³-hybridized carbons (Fsp3) is 1.00. The molecule has 0 amide bonds. The van der Waals surface area contributed by atoms with Crippen LogP contribution in [0.1, 0.15) is 117 Å². The molecule has 0 aromatic rings. The van der Waals surface area contributed by atoms with E-state index in [1.807, 2.05) is 0 Å². The van der Waals surface area contributed by atoms with Crippen LogP contribution in [0.15, 0.2) is 0 Å². The Morgan fingerprint density at radius 1 is 0.667 bits per heavy atom. The molecule has 3 saturated carbocycles. The summed E-state index contributed by atoms with van der Waals surface area (Å²) < 4.78 is 0. The standard InChI is InChI=1S/C26H48O/c1-3-5-6-20-7-11-23(12-8-20)25-15-16-26(22(4-2)19-25)24-13-9-21(10-14-24)17-18-27/h20-27H,3-19H2,1-2H3. The van der Waals surface area contributed by atoms with E-state index in [0.29, 0.717) is 6.61 Å². The molecule has 3 atom stereocenters. The lowest BCUT2D eigenvalue weighted by atomic mass is 9.60. The van der Waals surface area contributed by atoms with Gasteiger partial charge in [-0.3, -0.25) is 0 Å². The van der Waals surface area contributed by atoms with Crippen molar-refractivity contribution in [2.45, 2.75) is 117 Å². The van der Waals surface area contributed by atoms with Crippen LogP contribution in [0.3, 0.4) is 0 Å². The van der Waals surface area contributed by atoms with E-state index in [-0.39, 0.29) is 0 Å². The van der Waals surface area contributed by atoms with Crippen molar-refractivity contribution in [1.29, 1.82) is 0 Å². The highest BCUT2D eigenvalue weighted by molar-refractivity contribution is 4.89. The average molecular weight is 377 g/mol. The van der Waals surface area contributed by atoms with Crippen LogP contribution in [-0.4, -0.2) is 11.7 Å². The second-order valence-corrected chi connectivity index (χ2v) is 10.6. The molecule has 3 aliphatic carbocycles. The van der Waals surface area contributed by atoms with Gasteiger partial charge >= 0.3 is 0 Å². The molecule has 0 aromatic carbocycles. The van der Waals surface area contributed by atoms with Crippen molar-refractivity contribution in [3.8, 4) is 0 Å². The summed E-state index contributed by atoms with van der Waals surface area (Å²) in [6.07, 6.45) is 23.3. The van der Waals surface area contributed by atoms with E-state index in [1.165, 1.54) is 70.6 Å². The SMILES string of the molecule is CCCCC1CCC(C2CCC(C3CCC(CCO)CC3)C(CC)C2)CC1. The van der Waals surface area contributed by atoms with E-state index in [2.05, 4.69) is 13.8 Å². The Labute approximate surface area is 170 Å². The van der Waals surface area contributed by atoms with E-state index < -0.39 is 0 Å². The number of rotatable bonds is 8. The molecule has 3 rings (SSSR count). The first-order chi connectivity index (χ1) is 13.2. The molecule has 0 radical (unpaired) electrons. The molecule has 3 aliphatic rings. The normalized spacial score (nSPS) is 40.8. The molecule has 0 aliphatic heterocycles. The third-order valence-electron chi connectivity index (χ3n) is 9.16. The van der Waals surface area contributed by atoms with E-state index in [9.17, 15) is 5.11 Å². The Bertz CT molecular complexity index is 389. The summed E-state index contributed by atoms with van der Waals surface area (Å²) in [4.78, 5) is 0. The number of aliphatic hydroxyl groups is 1. The minimum absolute atomic E-state index is 0.402. The Balaban J connectivity index is 1.45. The highest BCUT2D eigenvalue weighted by Gasteiger charge is 2.38. The van der Waals surface area contributed by atoms with Crippen LogP contribution in [0.4, 0.5) is 0 Å². The number of hydrogen-bond acceptors (Lipinski definition) is 1. The Hall–Kier alpha value is -0.0400. The van der Waals surface area contributed by atoms with Crippen LogP contribution in [0, 0.1) is 41.4 Å². The smallest absolute Gasteiger partial charge is 0.0433 e. The van der Waals surface area contributed by atoms with Crippen molar-refractivity contribution in [3.05, 3.63) is 0 Å². The molecule has 27 heavy (non-hydrogen) atoms. The first kappa shape index (κ1) is 21.7. The molecule has 1 nitrogen and oxygen atoms in total. The molecule has 0 bridgehead atoms. The van der Waals surface area contributed by atoms with Crippen molar-refractivity contribution in [2.75, 3.05) is 6.61 Å². The lowest BCUT2D eigenvalue weighted by molar-refractivity contribution is 0.0509. The van der Waals surface area contributed by atoms with Gasteiger partial charge in [0.25, 0.3) is 0 Å². The summed E-state index contributed by atoms with van der Waals surface area (Å²) >= 11 is 0. The maximum atomic E-state index is 9.23. The average Bonchev–Trinajstić information content (AvgIpc) is 2.73. The number of aliphatic hydroxyl groups excluding tert-OH is 1. The highest BCUT2D eigenvalue weighted by Crippen LogP contribution is 2.49. The van der Waals surface area contributed by atoms with Crippen molar-refractivity contribution >= 4 is 0 Å². The molecule has 0 aromatic heterocycles. The second-order valence-electron chi connectivity index (χ2n) is 10.6. The van der Waals surface area contributed by atoms with Gasteiger partial charge in [0.05, 0.1) is 0 Å². The van der Waals surface area contributed by atoms with Gasteiger partial charge in [0.1, 0.15) is 0 Å². The molecule has 3 fully saturated rings. The van der Waals surface area contributed by atoms with Crippen LogP contribution < -0.4 is 0 Å². The third kappa shape index (κ3) is 5.97. The number of hydrogen-bond donors (Lipinski definition) is 1. The van der Waals surface area contributed by atoms with E-state index in [4.69, 9.17) is 0 Å². The Morgan fingerprint density at radius 3 is 1.85 bits per heavy atom. The van der Waals surface area contributed by atoms with Gasteiger partial charge in [0, 0.05) is 6.61 Å². The van der Waals surface area contributed by atoms with Crippen molar-refractivity contribution in [3.63, 3.8) is 0 Å². The van der Waals surface area contributed by atoms with Gasteiger partial charge in [-0.25, -0.2) is 0 Å². The molecular weight excluding hydrogens is 328 g/mol. The topological polar surface area (TPSA) is 20.2 Å². The number of unbranched alkanes of at least 4 members (excludes halogenated alkanes) is 1.